The van der Waals surface area contributed by atoms with Crippen LogP contribution in [0.4, 0.5) is 10.9 Å². The quantitative estimate of drug-likeness (QED) is 0.246. The first kappa shape index (κ1) is 29.9. The van der Waals surface area contributed by atoms with Gasteiger partial charge in [0.25, 0.3) is 0 Å². The summed E-state index contributed by atoms with van der Waals surface area (Å²) in [6.45, 7) is 8.16. The molecule has 0 saturated carbocycles. The van der Waals surface area contributed by atoms with Crippen molar-refractivity contribution in [2.75, 3.05) is 11.1 Å². The molecule has 4 unspecified atom stereocenters. The smallest absolute Gasteiger partial charge is 0.232 e. The van der Waals surface area contributed by atoms with E-state index in [0.29, 0.717) is 23.8 Å². The summed E-state index contributed by atoms with van der Waals surface area (Å²) in [5, 5.41) is 16.2. The fourth-order valence-corrected chi connectivity index (χ4v) is 7.23. The molecule has 0 spiro atoms. The summed E-state index contributed by atoms with van der Waals surface area (Å²) in [6.07, 6.45) is 10.9. The zero-order chi connectivity index (χ0) is 30.6. The molecule has 0 radical (unpaired) electrons. The summed E-state index contributed by atoms with van der Waals surface area (Å²) in [7, 11) is 0. The summed E-state index contributed by atoms with van der Waals surface area (Å²) in [5.74, 6) is 0.422. The molecule has 43 heavy (non-hydrogen) atoms. The standard InChI is InChI=1S/C34H31N5OS.C2H6/c1-22-7-5-6-16-34(21-35)20-33(2,30(22)27-8-3-4-9-28(27)34)31(40)39-32-38-26(19-41-32)17-23-10-12-24(13-11-23)25-14-15-29(36)37-18-25;1-2/h3-16,18-19,22,30H,17,20H2,1-2H3,(H2,36,37)(H,38,39,40);1-2H3/b7-5-,16-6-;. The minimum atomic E-state index is -0.879. The second kappa shape index (κ2) is 12.4. The predicted octanol–water partition coefficient (Wildman–Crippen LogP) is 8.06. The Morgan fingerprint density at radius 3 is 2.56 bits per heavy atom. The Labute approximate surface area is 258 Å². The number of nitrogens with two attached hydrogens (primary N) is 1. The van der Waals surface area contributed by atoms with Crippen LogP contribution >= 0.6 is 11.3 Å². The highest BCUT2D eigenvalue weighted by Crippen LogP contribution is 2.57. The van der Waals surface area contributed by atoms with Crippen LogP contribution in [-0.2, 0) is 16.6 Å². The lowest BCUT2D eigenvalue weighted by Gasteiger charge is -2.48. The molecule has 2 bridgehead atoms. The maximum atomic E-state index is 14.1. The van der Waals surface area contributed by atoms with Gasteiger partial charge in [-0.05, 0) is 46.7 Å². The number of allylic oxidation sites excluding steroid dienone is 4. The van der Waals surface area contributed by atoms with Gasteiger partial charge in [0.1, 0.15) is 11.2 Å². The normalized spacial score (nSPS) is 25.0. The van der Waals surface area contributed by atoms with Crippen LogP contribution in [0.5, 0.6) is 0 Å². The van der Waals surface area contributed by atoms with Crippen molar-refractivity contribution in [2.45, 2.75) is 51.9 Å². The van der Waals surface area contributed by atoms with Crippen LogP contribution < -0.4 is 11.1 Å². The Bertz CT molecular complexity index is 1700. The number of nitrogens with zero attached hydrogens (tertiary/aromatic N) is 3. The number of rotatable bonds is 5. The van der Waals surface area contributed by atoms with Gasteiger partial charge in [-0.15, -0.1) is 11.3 Å². The number of benzene rings is 2. The molecule has 2 aliphatic rings. The summed E-state index contributed by atoms with van der Waals surface area (Å²) in [5.41, 5.74) is 10.2. The van der Waals surface area contributed by atoms with Gasteiger partial charge < -0.3 is 11.1 Å². The van der Waals surface area contributed by atoms with E-state index in [2.05, 4.69) is 59.7 Å². The number of nitrogen functional groups attached to an aromatic ring is 1. The van der Waals surface area contributed by atoms with Gasteiger partial charge in [-0.3, -0.25) is 4.79 Å². The SMILES string of the molecule is CC.CC1/C=C\C=C/C2(C#N)CC(C)(C(=O)Nc3nc(Cc4ccc(-c5ccc(N)nc5)cc4)cs3)C1c1ccccc12. The first-order valence-electron chi connectivity index (χ1n) is 14.7. The summed E-state index contributed by atoms with van der Waals surface area (Å²) >= 11 is 1.43. The van der Waals surface area contributed by atoms with E-state index in [1.165, 1.54) is 11.3 Å². The van der Waals surface area contributed by atoms with Gasteiger partial charge in [-0.2, -0.15) is 5.26 Å². The van der Waals surface area contributed by atoms with E-state index in [4.69, 9.17) is 10.7 Å². The number of nitriles is 1. The van der Waals surface area contributed by atoms with Crippen LogP contribution in [0.1, 0.15) is 62.4 Å². The van der Waals surface area contributed by atoms with Gasteiger partial charge in [-0.1, -0.05) is 101 Å². The van der Waals surface area contributed by atoms with E-state index in [1.54, 1.807) is 12.3 Å². The second-order valence-electron chi connectivity index (χ2n) is 11.3. The topological polar surface area (TPSA) is 105 Å². The average molecular weight is 588 g/mol. The maximum absolute atomic E-state index is 14.1. The lowest BCUT2D eigenvalue weighted by molar-refractivity contribution is -0.128. The van der Waals surface area contributed by atoms with Crippen molar-refractivity contribution in [3.05, 3.63) is 119 Å². The van der Waals surface area contributed by atoms with E-state index >= 15 is 0 Å². The predicted molar refractivity (Wildman–Crippen MR) is 176 cm³/mol. The van der Waals surface area contributed by atoms with Crippen molar-refractivity contribution in [3.63, 3.8) is 0 Å². The van der Waals surface area contributed by atoms with E-state index in [1.807, 2.05) is 68.6 Å². The number of fused-ring (bicyclic) bond motifs is 6. The molecule has 2 aromatic carbocycles. The monoisotopic (exact) mass is 587 g/mol. The van der Waals surface area contributed by atoms with Crippen molar-refractivity contribution in [1.29, 1.82) is 5.26 Å². The molecule has 2 aromatic heterocycles. The Kier molecular flexibility index (Phi) is 8.61. The van der Waals surface area contributed by atoms with Gasteiger partial charge in [-0.25, -0.2) is 9.97 Å². The van der Waals surface area contributed by atoms with Crippen molar-refractivity contribution in [1.82, 2.24) is 9.97 Å². The molecule has 6 rings (SSSR count). The number of anilines is 2. The number of nitrogens with one attached hydrogen (secondary N) is 1. The van der Waals surface area contributed by atoms with Crippen molar-refractivity contribution in [3.8, 4) is 17.2 Å². The number of carbonyl (C=O) groups is 1. The van der Waals surface area contributed by atoms with Crippen molar-refractivity contribution < 1.29 is 4.79 Å². The largest absolute Gasteiger partial charge is 0.384 e. The van der Waals surface area contributed by atoms with Crippen LogP contribution in [0.2, 0.25) is 0 Å². The zero-order valence-corrected chi connectivity index (χ0v) is 25.9. The number of pyridine rings is 1. The van der Waals surface area contributed by atoms with E-state index < -0.39 is 10.8 Å². The molecular formula is C36H37N5OS. The molecule has 1 amide bonds. The van der Waals surface area contributed by atoms with Crippen molar-refractivity contribution in [2.24, 2.45) is 11.3 Å². The van der Waals surface area contributed by atoms with Crippen LogP contribution in [0.3, 0.4) is 0 Å². The average Bonchev–Trinajstić information content (AvgIpc) is 3.50. The number of hydrogen-bond donors (Lipinski definition) is 2. The third-order valence-corrected chi connectivity index (χ3v) is 9.30. The first-order valence-corrected chi connectivity index (χ1v) is 15.6. The third kappa shape index (κ3) is 5.76. The number of amides is 1. The Balaban J connectivity index is 0.00000180. The first-order chi connectivity index (χ1) is 20.8. The number of thiazole rings is 1. The number of carbonyl (C=O) groups excluding carboxylic acids is 1. The molecule has 0 saturated heterocycles. The van der Waals surface area contributed by atoms with Crippen LogP contribution in [0, 0.1) is 22.7 Å². The van der Waals surface area contributed by atoms with Gasteiger partial charge in [0.15, 0.2) is 5.13 Å². The van der Waals surface area contributed by atoms with Gasteiger partial charge >= 0.3 is 0 Å². The maximum Gasteiger partial charge on any atom is 0.232 e. The molecule has 218 valence electrons. The molecule has 3 N–H and O–H groups in total. The summed E-state index contributed by atoms with van der Waals surface area (Å²) < 4.78 is 0. The molecule has 2 aliphatic carbocycles. The van der Waals surface area contributed by atoms with Crippen LogP contribution in [0.25, 0.3) is 11.1 Å². The number of hydrogen-bond acceptors (Lipinski definition) is 6. The summed E-state index contributed by atoms with van der Waals surface area (Å²) in [4.78, 5) is 23.0. The van der Waals surface area contributed by atoms with Crippen LogP contribution in [-0.4, -0.2) is 15.9 Å². The highest BCUT2D eigenvalue weighted by Gasteiger charge is 2.55. The van der Waals surface area contributed by atoms with Gasteiger partial charge in [0.2, 0.25) is 5.91 Å². The highest BCUT2D eigenvalue weighted by molar-refractivity contribution is 7.13. The Morgan fingerprint density at radius 2 is 1.84 bits per heavy atom. The third-order valence-electron chi connectivity index (χ3n) is 8.49. The fourth-order valence-electron chi connectivity index (χ4n) is 6.53. The minimum Gasteiger partial charge on any atom is -0.384 e. The zero-order valence-electron chi connectivity index (χ0n) is 25.0. The molecule has 0 aliphatic heterocycles. The molecule has 0 fully saturated rings. The lowest BCUT2D eigenvalue weighted by Crippen LogP contribution is -2.49. The molecular weight excluding hydrogens is 550 g/mol. The van der Waals surface area contributed by atoms with E-state index in [0.717, 1.165) is 33.5 Å². The molecule has 4 aromatic rings. The van der Waals surface area contributed by atoms with Crippen LogP contribution in [0.15, 0.2) is 96.5 Å². The van der Waals surface area contributed by atoms with Gasteiger partial charge in [0.05, 0.1) is 17.2 Å². The van der Waals surface area contributed by atoms with E-state index in [-0.39, 0.29) is 17.7 Å². The highest BCUT2D eigenvalue weighted by atomic mass is 32.1. The van der Waals surface area contributed by atoms with Crippen molar-refractivity contribution >= 4 is 28.2 Å². The lowest BCUT2D eigenvalue weighted by atomic mass is 9.53. The Hall–Kier alpha value is -4.54. The molecule has 4 atom stereocenters. The molecule has 2 heterocycles. The molecule has 7 heteroatoms. The minimum absolute atomic E-state index is 0.0782. The summed E-state index contributed by atoms with van der Waals surface area (Å²) in [6, 6.07) is 22.7. The van der Waals surface area contributed by atoms with Gasteiger partial charge in [0, 0.05) is 29.5 Å². The van der Waals surface area contributed by atoms with E-state index in [9.17, 15) is 10.1 Å². The second-order valence-corrected chi connectivity index (χ2v) is 12.1. The molecule has 6 nitrogen and oxygen atoms in total. The number of aromatic nitrogens is 2. The Morgan fingerprint density at radius 1 is 1.09 bits per heavy atom. The fraction of sp³-hybridized carbons (Fsp3) is 0.278.